The molecule has 1 aromatic heterocycles. The van der Waals surface area contributed by atoms with E-state index in [1.165, 1.54) is 0 Å². The third-order valence-corrected chi connectivity index (χ3v) is 4.35. The van der Waals surface area contributed by atoms with Gasteiger partial charge < -0.3 is 10.0 Å². The van der Waals surface area contributed by atoms with Crippen molar-refractivity contribution in [3.63, 3.8) is 0 Å². The van der Waals surface area contributed by atoms with E-state index in [4.69, 9.17) is 0 Å². The SMILES string of the molecule is O=C(/C=C/c1ccc(Br)s1)N1CCC(O)CC1. The van der Waals surface area contributed by atoms with E-state index < -0.39 is 0 Å². The number of aliphatic hydroxyl groups excluding tert-OH is 1. The number of carbonyl (C=O) groups is 1. The van der Waals surface area contributed by atoms with E-state index in [-0.39, 0.29) is 12.0 Å². The van der Waals surface area contributed by atoms with Crippen molar-refractivity contribution in [1.29, 1.82) is 0 Å². The Bertz CT molecular complexity index is 422. The first-order valence-corrected chi connectivity index (χ1v) is 7.16. The van der Waals surface area contributed by atoms with E-state index in [0.29, 0.717) is 25.9 Å². The summed E-state index contributed by atoms with van der Waals surface area (Å²) in [5.41, 5.74) is 0. The molecular formula is C12H14BrNO2S. The number of nitrogens with zero attached hydrogens (tertiary/aromatic N) is 1. The maximum absolute atomic E-state index is 11.8. The van der Waals surface area contributed by atoms with E-state index in [1.807, 2.05) is 18.2 Å². The highest BCUT2D eigenvalue weighted by Gasteiger charge is 2.19. The maximum atomic E-state index is 11.8. The summed E-state index contributed by atoms with van der Waals surface area (Å²) in [5, 5.41) is 9.36. The van der Waals surface area contributed by atoms with Crippen LogP contribution in [0.25, 0.3) is 6.08 Å². The summed E-state index contributed by atoms with van der Waals surface area (Å²) in [7, 11) is 0. The van der Waals surface area contributed by atoms with Crippen LogP contribution < -0.4 is 0 Å². The van der Waals surface area contributed by atoms with Crippen LogP contribution in [0.15, 0.2) is 22.0 Å². The molecule has 17 heavy (non-hydrogen) atoms. The maximum Gasteiger partial charge on any atom is 0.246 e. The number of carbonyl (C=O) groups excluding carboxylic acids is 1. The average Bonchev–Trinajstić information content (AvgIpc) is 2.73. The van der Waals surface area contributed by atoms with Crippen LogP contribution >= 0.6 is 27.3 Å². The molecule has 0 bridgehead atoms. The quantitative estimate of drug-likeness (QED) is 0.852. The zero-order chi connectivity index (χ0) is 12.3. The zero-order valence-electron chi connectivity index (χ0n) is 9.30. The average molecular weight is 316 g/mol. The predicted molar refractivity (Wildman–Crippen MR) is 72.9 cm³/mol. The smallest absolute Gasteiger partial charge is 0.246 e. The fourth-order valence-electron chi connectivity index (χ4n) is 1.76. The number of piperidine rings is 1. The second-order valence-corrected chi connectivity index (χ2v) is 6.53. The molecule has 1 saturated heterocycles. The van der Waals surface area contributed by atoms with Crippen LogP contribution in [-0.4, -0.2) is 35.1 Å². The largest absolute Gasteiger partial charge is 0.393 e. The molecule has 0 atom stereocenters. The second kappa shape index (κ2) is 5.80. The fourth-order valence-corrected chi connectivity index (χ4v) is 3.09. The molecule has 0 spiro atoms. The van der Waals surface area contributed by atoms with Gasteiger partial charge in [0.2, 0.25) is 5.91 Å². The van der Waals surface area contributed by atoms with Crippen LogP contribution in [-0.2, 0) is 4.79 Å². The molecule has 1 fully saturated rings. The highest BCUT2D eigenvalue weighted by Crippen LogP contribution is 2.23. The summed E-state index contributed by atoms with van der Waals surface area (Å²) >= 11 is 4.98. The molecule has 2 rings (SSSR count). The lowest BCUT2D eigenvalue weighted by Gasteiger charge is -2.28. The molecular weight excluding hydrogens is 302 g/mol. The number of halogens is 1. The standard InChI is InChI=1S/C12H14BrNO2S/c13-11-3-1-10(17-11)2-4-12(16)14-7-5-9(15)6-8-14/h1-4,9,15H,5-8H2/b4-2+. The molecule has 1 aromatic rings. The van der Waals surface area contributed by atoms with Gasteiger partial charge >= 0.3 is 0 Å². The van der Waals surface area contributed by atoms with Crippen LogP contribution in [0.3, 0.4) is 0 Å². The van der Waals surface area contributed by atoms with Crippen LogP contribution in [0.1, 0.15) is 17.7 Å². The van der Waals surface area contributed by atoms with Gasteiger partial charge in [-0.05, 0) is 47.0 Å². The van der Waals surface area contributed by atoms with Crippen molar-refractivity contribution in [2.24, 2.45) is 0 Å². The predicted octanol–water partition coefficient (Wildman–Crippen LogP) is 2.51. The summed E-state index contributed by atoms with van der Waals surface area (Å²) in [5.74, 6) is 0.0291. The highest BCUT2D eigenvalue weighted by molar-refractivity contribution is 9.11. The van der Waals surface area contributed by atoms with Crippen LogP contribution in [0, 0.1) is 0 Å². The number of aliphatic hydroxyl groups is 1. The van der Waals surface area contributed by atoms with E-state index in [1.54, 1.807) is 22.3 Å². The van der Waals surface area contributed by atoms with Gasteiger partial charge in [0.1, 0.15) is 0 Å². The lowest BCUT2D eigenvalue weighted by Crippen LogP contribution is -2.39. The summed E-state index contributed by atoms with van der Waals surface area (Å²) in [6, 6.07) is 3.94. The molecule has 1 amide bonds. The molecule has 1 aliphatic heterocycles. The molecule has 0 radical (unpaired) electrons. The van der Waals surface area contributed by atoms with Gasteiger partial charge in [-0.25, -0.2) is 0 Å². The molecule has 5 heteroatoms. The Balaban J connectivity index is 1.90. The van der Waals surface area contributed by atoms with Gasteiger partial charge in [0.25, 0.3) is 0 Å². The van der Waals surface area contributed by atoms with Crippen molar-refractivity contribution in [2.75, 3.05) is 13.1 Å². The van der Waals surface area contributed by atoms with Gasteiger partial charge in [0.15, 0.2) is 0 Å². The van der Waals surface area contributed by atoms with Crippen molar-refractivity contribution in [1.82, 2.24) is 4.90 Å². The second-order valence-electron chi connectivity index (χ2n) is 4.03. The summed E-state index contributed by atoms with van der Waals surface area (Å²) < 4.78 is 1.06. The molecule has 0 unspecified atom stereocenters. The van der Waals surface area contributed by atoms with E-state index in [0.717, 1.165) is 8.66 Å². The molecule has 92 valence electrons. The molecule has 1 N–H and O–H groups in total. The first-order valence-electron chi connectivity index (χ1n) is 5.55. The van der Waals surface area contributed by atoms with Gasteiger partial charge in [-0.3, -0.25) is 4.79 Å². The van der Waals surface area contributed by atoms with Crippen LogP contribution in [0.4, 0.5) is 0 Å². The molecule has 0 saturated carbocycles. The Kier molecular flexibility index (Phi) is 4.36. The van der Waals surface area contributed by atoms with Crippen molar-refractivity contribution < 1.29 is 9.90 Å². The Hall–Kier alpha value is -0.650. The number of hydrogen-bond acceptors (Lipinski definition) is 3. The number of rotatable bonds is 2. The van der Waals surface area contributed by atoms with Gasteiger partial charge in [0.05, 0.1) is 9.89 Å². The minimum absolute atomic E-state index is 0.0291. The van der Waals surface area contributed by atoms with Crippen LogP contribution in [0.2, 0.25) is 0 Å². The molecule has 0 aromatic carbocycles. The monoisotopic (exact) mass is 315 g/mol. The third kappa shape index (κ3) is 3.66. The number of hydrogen-bond donors (Lipinski definition) is 1. The first-order chi connectivity index (χ1) is 8.15. The van der Waals surface area contributed by atoms with Gasteiger partial charge in [0, 0.05) is 24.0 Å². The van der Waals surface area contributed by atoms with E-state index in [2.05, 4.69) is 15.9 Å². The number of amides is 1. The van der Waals surface area contributed by atoms with Crippen molar-refractivity contribution in [3.05, 3.63) is 26.9 Å². The number of likely N-dealkylation sites (tertiary alicyclic amines) is 1. The number of thiophene rings is 1. The van der Waals surface area contributed by atoms with Gasteiger partial charge in [-0.15, -0.1) is 11.3 Å². The van der Waals surface area contributed by atoms with Gasteiger partial charge in [-0.2, -0.15) is 0 Å². The Morgan fingerprint density at radius 1 is 1.47 bits per heavy atom. The Morgan fingerprint density at radius 2 is 2.18 bits per heavy atom. The minimum atomic E-state index is -0.240. The summed E-state index contributed by atoms with van der Waals surface area (Å²) in [6.07, 6.45) is 4.57. The van der Waals surface area contributed by atoms with Gasteiger partial charge in [-0.1, -0.05) is 0 Å². The van der Waals surface area contributed by atoms with Crippen LogP contribution in [0.5, 0.6) is 0 Å². The van der Waals surface area contributed by atoms with E-state index >= 15 is 0 Å². The first kappa shape index (κ1) is 12.8. The highest BCUT2D eigenvalue weighted by atomic mass is 79.9. The minimum Gasteiger partial charge on any atom is -0.393 e. The molecule has 3 nitrogen and oxygen atoms in total. The zero-order valence-corrected chi connectivity index (χ0v) is 11.7. The summed E-state index contributed by atoms with van der Waals surface area (Å²) in [4.78, 5) is 14.7. The molecule has 2 heterocycles. The fraction of sp³-hybridized carbons (Fsp3) is 0.417. The Morgan fingerprint density at radius 3 is 2.76 bits per heavy atom. The van der Waals surface area contributed by atoms with E-state index in [9.17, 15) is 9.90 Å². The third-order valence-electron chi connectivity index (χ3n) is 2.76. The lowest BCUT2D eigenvalue weighted by molar-refractivity contribution is -0.127. The molecule has 1 aliphatic rings. The molecule has 0 aliphatic carbocycles. The normalized spacial score (nSPS) is 17.9. The van der Waals surface area contributed by atoms with Crippen molar-refractivity contribution in [2.45, 2.75) is 18.9 Å². The Labute approximate surface area is 113 Å². The lowest BCUT2D eigenvalue weighted by atomic mass is 10.1. The van der Waals surface area contributed by atoms with Crippen molar-refractivity contribution >= 4 is 39.2 Å². The topological polar surface area (TPSA) is 40.5 Å². The van der Waals surface area contributed by atoms with Crippen molar-refractivity contribution in [3.8, 4) is 0 Å². The summed E-state index contributed by atoms with van der Waals surface area (Å²) in [6.45, 7) is 1.30.